The largest absolute Gasteiger partial charge is 0.327 e. The van der Waals surface area contributed by atoms with E-state index >= 15 is 0 Å². The molecule has 1 aromatic rings. The maximum atomic E-state index is 12.9. The van der Waals surface area contributed by atoms with Crippen LogP contribution in [0, 0.1) is 5.82 Å². The molecule has 1 rings (SSSR count). The number of unbranched alkanes of at least 4 members (excludes halogenated alkanes) is 2. The Labute approximate surface area is 108 Å². The first-order chi connectivity index (χ1) is 8.15. The highest BCUT2D eigenvalue weighted by atomic mass is 32.2. The molecular weight excluding hydrogens is 233 g/mol. The Bertz CT molecular complexity index is 311. The third-order valence-corrected chi connectivity index (χ3v) is 4.31. The van der Waals surface area contributed by atoms with Gasteiger partial charge in [0.2, 0.25) is 0 Å². The average Bonchev–Trinajstić information content (AvgIpc) is 2.30. The number of halogens is 1. The van der Waals surface area contributed by atoms with Crippen LogP contribution in [-0.4, -0.2) is 11.8 Å². The molecule has 0 saturated carbocycles. The zero-order valence-corrected chi connectivity index (χ0v) is 11.5. The molecule has 0 bridgehead atoms. The van der Waals surface area contributed by atoms with Gasteiger partial charge in [0.1, 0.15) is 5.82 Å². The van der Waals surface area contributed by atoms with Crippen molar-refractivity contribution >= 4 is 11.8 Å². The summed E-state index contributed by atoms with van der Waals surface area (Å²) in [5.74, 6) is 0.936. The van der Waals surface area contributed by atoms with Crippen molar-refractivity contribution in [2.24, 2.45) is 5.73 Å². The van der Waals surface area contributed by atoms with Crippen LogP contribution in [0.3, 0.4) is 0 Å². The Kier molecular flexibility index (Phi) is 6.60. The van der Waals surface area contributed by atoms with Crippen molar-refractivity contribution < 1.29 is 4.39 Å². The smallest absolute Gasteiger partial charge is 0.123 e. The van der Waals surface area contributed by atoms with Crippen molar-refractivity contribution in [3.63, 3.8) is 0 Å². The number of hydrogen-bond donors (Lipinski definition) is 1. The molecule has 0 amide bonds. The molecule has 17 heavy (non-hydrogen) atoms. The molecule has 0 aromatic heterocycles. The third-order valence-electron chi connectivity index (χ3n) is 2.72. The normalized spacial score (nSPS) is 14.6. The summed E-state index contributed by atoms with van der Waals surface area (Å²) in [5, 5.41) is 0.271. The highest BCUT2D eigenvalue weighted by molar-refractivity contribution is 7.99. The summed E-state index contributed by atoms with van der Waals surface area (Å²) in [4.78, 5) is 0. The average molecular weight is 255 g/mol. The molecule has 2 atom stereocenters. The van der Waals surface area contributed by atoms with Crippen LogP contribution in [0.1, 0.15) is 43.9 Å². The topological polar surface area (TPSA) is 26.0 Å². The van der Waals surface area contributed by atoms with Crippen LogP contribution in [0.2, 0.25) is 0 Å². The van der Waals surface area contributed by atoms with Crippen LogP contribution in [0.25, 0.3) is 0 Å². The van der Waals surface area contributed by atoms with Gasteiger partial charge < -0.3 is 5.73 Å². The lowest BCUT2D eigenvalue weighted by Crippen LogP contribution is -2.22. The Morgan fingerprint density at radius 2 is 1.88 bits per heavy atom. The molecule has 0 radical (unpaired) electrons. The number of rotatable bonds is 7. The van der Waals surface area contributed by atoms with E-state index in [0.717, 1.165) is 11.3 Å². The van der Waals surface area contributed by atoms with Gasteiger partial charge >= 0.3 is 0 Å². The van der Waals surface area contributed by atoms with Gasteiger partial charge in [-0.3, -0.25) is 0 Å². The molecule has 0 spiro atoms. The van der Waals surface area contributed by atoms with E-state index in [1.165, 1.54) is 31.4 Å². The summed E-state index contributed by atoms with van der Waals surface area (Å²) >= 11 is 1.88. The van der Waals surface area contributed by atoms with Gasteiger partial charge in [-0.2, -0.15) is 11.8 Å². The lowest BCUT2D eigenvalue weighted by atomic mass is 10.1. The maximum Gasteiger partial charge on any atom is 0.123 e. The van der Waals surface area contributed by atoms with Crippen molar-refractivity contribution in [1.82, 2.24) is 0 Å². The molecule has 1 aromatic carbocycles. The van der Waals surface area contributed by atoms with Crippen LogP contribution in [0.15, 0.2) is 24.3 Å². The highest BCUT2D eigenvalue weighted by Crippen LogP contribution is 2.32. The van der Waals surface area contributed by atoms with Gasteiger partial charge in [0.15, 0.2) is 0 Å². The SMILES string of the molecule is CCCCCSC(c1ccc(F)cc1)C(C)N. The highest BCUT2D eigenvalue weighted by Gasteiger charge is 2.16. The molecule has 2 unspecified atom stereocenters. The summed E-state index contributed by atoms with van der Waals surface area (Å²) in [7, 11) is 0. The van der Waals surface area contributed by atoms with Gasteiger partial charge in [-0.15, -0.1) is 0 Å². The van der Waals surface area contributed by atoms with Crippen molar-refractivity contribution in [3.05, 3.63) is 35.6 Å². The van der Waals surface area contributed by atoms with E-state index in [1.807, 2.05) is 30.8 Å². The molecule has 0 aliphatic rings. The second-order valence-corrected chi connectivity index (χ2v) is 5.66. The van der Waals surface area contributed by atoms with Crippen LogP contribution in [-0.2, 0) is 0 Å². The van der Waals surface area contributed by atoms with Crippen molar-refractivity contribution in [2.45, 2.75) is 44.4 Å². The summed E-state index contributed by atoms with van der Waals surface area (Å²) in [6.07, 6.45) is 3.73. The molecule has 0 heterocycles. The number of benzene rings is 1. The second-order valence-electron chi connectivity index (χ2n) is 4.41. The lowest BCUT2D eigenvalue weighted by molar-refractivity contribution is 0.625. The third kappa shape index (κ3) is 5.09. The molecule has 0 aliphatic heterocycles. The standard InChI is InChI=1S/C14H22FNS/c1-3-4-5-10-17-14(11(2)16)12-6-8-13(15)9-7-12/h6-9,11,14H,3-5,10,16H2,1-2H3. The molecular formula is C14H22FNS. The summed E-state index contributed by atoms with van der Waals surface area (Å²) in [6.45, 7) is 4.22. The predicted octanol–water partition coefficient (Wildman–Crippen LogP) is 4.14. The van der Waals surface area contributed by atoms with E-state index in [0.29, 0.717) is 0 Å². The van der Waals surface area contributed by atoms with Gasteiger partial charge in [0.05, 0.1) is 0 Å². The van der Waals surface area contributed by atoms with Gasteiger partial charge in [-0.25, -0.2) is 4.39 Å². The molecule has 3 heteroatoms. The minimum Gasteiger partial charge on any atom is -0.327 e. The minimum absolute atomic E-state index is 0.0899. The van der Waals surface area contributed by atoms with Crippen LogP contribution in [0.5, 0.6) is 0 Å². The molecule has 0 fully saturated rings. The number of nitrogens with two attached hydrogens (primary N) is 1. The summed E-state index contributed by atoms with van der Waals surface area (Å²) in [5.41, 5.74) is 7.13. The first kappa shape index (κ1) is 14.5. The van der Waals surface area contributed by atoms with Crippen molar-refractivity contribution in [3.8, 4) is 0 Å². The fourth-order valence-corrected chi connectivity index (χ4v) is 3.04. The van der Waals surface area contributed by atoms with E-state index in [-0.39, 0.29) is 17.1 Å². The minimum atomic E-state index is -0.187. The van der Waals surface area contributed by atoms with Gasteiger partial charge in [-0.05, 0) is 36.8 Å². The predicted molar refractivity (Wildman–Crippen MR) is 74.8 cm³/mol. The molecule has 96 valence electrons. The summed E-state index contributed by atoms with van der Waals surface area (Å²) in [6, 6.07) is 6.80. The zero-order chi connectivity index (χ0) is 12.7. The Balaban J connectivity index is 2.56. The van der Waals surface area contributed by atoms with Crippen LogP contribution < -0.4 is 5.73 Å². The first-order valence-electron chi connectivity index (χ1n) is 6.27. The lowest BCUT2D eigenvalue weighted by Gasteiger charge is -2.20. The van der Waals surface area contributed by atoms with E-state index in [2.05, 4.69) is 6.92 Å². The Hall–Kier alpha value is -0.540. The van der Waals surface area contributed by atoms with Crippen molar-refractivity contribution in [1.29, 1.82) is 0 Å². The van der Waals surface area contributed by atoms with Gasteiger partial charge in [-0.1, -0.05) is 31.9 Å². The monoisotopic (exact) mass is 255 g/mol. The van der Waals surface area contributed by atoms with E-state index in [9.17, 15) is 4.39 Å². The maximum absolute atomic E-state index is 12.9. The van der Waals surface area contributed by atoms with E-state index in [4.69, 9.17) is 5.73 Å². The zero-order valence-electron chi connectivity index (χ0n) is 10.7. The van der Waals surface area contributed by atoms with E-state index < -0.39 is 0 Å². The molecule has 2 N–H and O–H groups in total. The van der Waals surface area contributed by atoms with Crippen molar-refractivity contribution in [2.75, 3.05) is 5.75 Å². The van der Waals surface area contributed by atoms with Crippen LogP contribution in [0.4, 0.5) is 4.39 Å². The quantitative estimate of drug-likeness (QED) is 0.741. The fraction of sp³-hybridized carbons (Fsp3) is 0.571. The number of thioether (sulfide) groups is 1. The summed E-state index contributed by atoms with van der Waals surface area (Å²) < 4.78 is 12.9. The Morgan fingerprint density at radius 3 is 2.41 bits per heavy atom. The Morgan fingerprint density at radius 1 is 1.24 bits per heavy atom. The van der Waals surface area contributed by atoms with Gasteiger partial charge in [0, 0.05) is 11.3 Å². The van der Waals surface area contributed by atoms with Gasteiger partial charge in [0.25, 0.3) is 0 Å². The second kappa shape index (κ2) is 7.72. The van der Waals surface area contributed by atoms with Crippen LogP contribution >= 0.6 is 11.8 Å². The molecule has 0 saturated heterocycles. The first-order valence-corrected chi connectivity index (χ1v) is 7.32. The fourth-order valence-electron chi connectivity index (χ4n) is 1.77. The van der Waals surface area contributed by atoms with E-state index in [1.54, 1.807) is 0 Å². The molecule has 0 aliphatic carbocycles. The molecule has 1 nitrogen and oxygen atoms in total. The number of hydrogen-bond acceptors (Lipinski definition) is 2.